The molecule has 1 aliphatic rings. The van der Waals surface area contributed by atoms with Crippen LogP contribution in [-0.4, -0.2) is 66.5 Å². The fraction of sp³-hybridized carbons (Fsp3) is 0.800. The summed E-state index contributed by atoms with van der Waals surface area (Å²) in [6, 6.07) is 0. The van der Waals surface area contributed by atoms with Crippen LogP contribution in [-0.2, 0) is 4.74 Å². The Hall–Kier alpha value is -0.690. The second-order valence-electron chi connectivity index (χ2n) is 5.95. The van der Waals surface area contributed by atoms with Crippen LogP contribution in [0, 0.1) is 6.92 Å². The molecule has 1 aromatic rings. The summed E-state index contributed by atoms with van der Waals surface area (Å²) in [7, 11) is 0. The fourth-order valence-electron chi connectivity index (χ4n) is 2.49. The van der Waals surface area contributed by atoms with Gasteiger partial charge in [-0.05, 0) is 33.7 Å². The van der Waals surface area contributed by atoms with Crippen molar-refractivity contribution in [3.8, 4) is 0 Å². The van der Waals surface area contributed by atoms with Crippen LogP contribution in [0.5, 0.6) is 0 Å². The van der Waals surface area contributed by atoms with Gasteiger partial charge in [-0.2, -0.15) is 0 Å². The zero-order valence-corrected chi connectivity index (χ0v) is 14.1. The summed E-state index contributed by atoms with van der Waals surface area (Å²) in [5.74, 6) is 0. The summed E-state index contributed by atoms with van der Waals surface area (Å²) in [6.07, 6.45) is 0.879. The molecule has 0 aromatic carbocycles. The van der Waals surface area contributed by atoms with E-state index in [2.05, 4.69) is 20.2 Å². The molecule has 1 N–H and O–H groups in total. The van der Waals surface area contributed by atoms with Crippen LogP contribution < -0.4 is 4.90 Å². The van der Waals surface area contributed by atoms with Crippen molar-refractivity contribution >= 4 is 16.5 Å². The first-order valence-corrected chi connectivity index (χ1v) is 8.61. The van der Waals surface area contributed by atoms with Gasteiger partial charge in [-0.3, -0.25) is 4.90 Å². The number of aromatic nitrogens is 1. The molecule has 21 heavy (non-hydrogen) atoms. The number of aliphatic hydroxyl groups excluding tert-OH is 1. The van der Waals surface area contributed by atoms with Gasteiger partial charge in [-0.25, -0.2) is 4.98 Å². The molecule has 0 bridgehead atoms. The molecule has 5 nitrogen and oxygen atoms in total. The molecule has 1 aromatic heterocycles. The van der Waals surface area contributed by atoms with Crippen LogP contribution in [0.25, 0.3) is 0 Å². The van der Waals surface area contributed by atoms with Crippen LogP contribution in [0.1, 0.15) is 26.0 Å². The van der Waals surface area contributed by atoms with Crippen molar-refractivity contribution in [3.05, 3.63) is 11.1 Å². The van der Waals surface area contributed by atoms with E-state index < -0.39 is 6.10 Å². The Morgan fingerprint density at radius 3 is 2.81 bits per heavy atom. The van der Waals surface area contributed by atoms with Crippen molar-refractivity contribution in [1.82, 2.24) is 9.88 Å². The third kappa shape index (κ3) is 5.54. The average Bonchev–Trinajstić information content (AvgIpc) is 2.73. The molecule has 1 fully saturated rings. The lowest BCUT2D eigenvalue weighted by Crippen LogP contribution is -2.38. The molecule has 120 valence electrons. The second kappa shape index (κ2) is 8.08. The van der Waals surface area contributed by atoms with Crippen molar-refractivity contribution < 1.29 is 9.84 Å². The lowest BCUT2D eigenvalue weighted by molar-refractivity contribution is -0.00766. The number of β-amino-alcohol motifs (C(OH)–C–C–N with tert-alkyl or cyclic N) is 1. The van der Waals surface area contributed by atoms with E-state index in [1.807, 2.05) is 20.8 Å². The van der Waals surface area contributed by atoms with Crippen LogP contribution in [0.2, 0.25) is 0 Å². The van der Waals surface area contributed by atoms with E-state index in [0.29, 0.717) is 13.2 Å². The third-order valence-electron chi connectivity index (χ3n) is 3.56. The Kier molecular flexibility index (Phi) is 6.41. The summed E-state index contributed by atoms with van der Waals surface area (Å²) in [5, 5.41) is 13.3. The van der Waals surface area contributed by atoms with Gasteiger partial charge >= 0.3 is 0 Å². The Balaban J connectivity index is 1.78. The van der Waals surface area contributed by atoms with Gasteiger partial charge in [0.25, 0.3) is 0 Å². The van der Waals surface area contributed by atoms with Gasteiger partial charge in [0, 0.05) is 31.6 Å². The van der Waals surface area contributed by atoms with Crippen molar-refractivity contribution in [1.29, 1.82) is 0 Å². The second-order valence-corrected chi connectivity index (χ2v) is 6.79. The van der Waals surface area contributed by atoms with Gasteiger partial charge in [0.2, 0.25) is 0 Å². The summed E-state index contributed by atoms with van der Waals surface area (Å²) >= 11 is 1.72. The van der Waals surface area contributed by atoms with E-state index in [9.17, 15) is 5.11 Å². The predicted molar refractivity (Wildman–Crippen MR) is 87.2 cm³/mol. The van der Waals surface area contributed by atoms with Gasteiger partial charge in [-0.15, -0.1) is 11.3 Å². The van der Waals surface area contributed by atoms with Gasteiger partial charge in [0.15, 0.2) is 5.13 Å². The Morgan fingerprint density at radius 1 is 1.33 bits per heavy atom. The molecule has 0 amide bonds. The van der Waals surface area contributed by atoms with Gasteiger partial charge in [-0.1, -0.05) is 0 Å². The smallest absolute Gasteiger partial charge is 0.185 e. The minimum atomic E-state index is -0.402. The molecule has 2 heterocycles. The summed E-state index contributed by atoms with van der Waals surface area (Å²) in [5.41, 5.74) is 1.09. The first kappa shape index (κ1) is 16.7. The van der Waals surface area contributed by atoms with Gasteiger partial charge in [0.05, 0.1) is 24.5 Å². The van der Waals surface area contributed by atoms with Crippen LogP contribution in [0.4, 0.5) is 5.13 Å². The number of anilines is 1. The van der Waals surface area contributed by atoms with Crippen molar-refractivity contribution in [2.24, 2.45) is 0 Å². The summed E-state index contributed by atoms with van der Waals surface area (Å²) in [6.45, 7) is 11.2. The van der Waals surface area contributed by atoms with E-state index in [0.717, 1.165) is 43.4 Å². The largest absolute Gasteiger partial charge is 0.389 e. The normalized spacial score (nSPS) is 19.0. The highest BCUT2D eigenvalue weighted by atomic mass is 32.1. The van der Waals surface area contributed by atoms with Crippen molar-refractivity contribution in [3.63, 3.8) is 0 Å². The molecular weight excluding hydrogens is 286 g/mol. The maximum atomic E-state index is 10.0. The quantitative estimate of drug-likeness (QED) is 0.867. The molecule has 0 spiro atoms. The molecule has 1 aliphatic heterocycles. The topological polar surface area (TPSA) is 48.8 Å². The highest BCUT2D eigenvalue weighted by molar-refractivity contribution is 7.13. The highest BCUT2D eigenvalue weighted by Gasteiger charge is 2.19. The molecule has 2 rings (SSSR count). The zero-order chi connectivity index (χ0) is 15.2. The van der Waals surface area contributed by atoms with Gasteiger partial charge < -0.3 is 14.7 Å². The molecule has 1 saturated heterocycles. The summed E-state index contributed by atoms with van der Waals surface area (Å²) < 4.78 is 5.47. The maximum Gasteiger partial charge on any atom is 0.185 e. The lowest BCUT2D eigenvalue weighted by Gasteiger charge is -2.24. The molecule has 1 unspecified atom stereocenters. The SMILES string of the molecule is Cc1csc(N2CCCN(CC(O)COC(C)C)CC2)n1. The Morgan fingerprint density at radius 2 is 2.14 bits per heavy atom. The first-order chi connectivity index (χ1) is 10.0. The lowest BCUT2D eigenvalue weighted by atomic mass is 10.3. The number of ether oxygens (including phenoxy) is 1. The Labute approximate surface area is 131 Å². The van der Waals surface area contributed by atoms with Crippen LogP contribution in [0.15, 0.2) is 5.38 Å². The number of nitrogens with zero attached hydrogens (tertiary/aromatic N) is 3. The van der Waals surface area contributed by atoms with Crippen LogP contribution >= 0.6 is 11.3 Å². The molecule has 1 atom stereocenters. The number of hydrogen-bond donors (Lipinski definition) is 1. The van der Waals surface area contributed by atoms with E-state index >= 15 is 0 Å². The monoisotopic (exact) mass is 313 g/mol. The zero-order valence-electron chi connectivity index (χ0n) is 13.3. The fourth-order valence-corrected chi connectivity index (χ4v) is 3.34. The molecule has 0 radical (unpaired) electrons. The number of thiazole rings is 1. The standard InChI is InChI=1S/C15H27N3O2S/c1-12(2)20-10-14(19)9-17-5-4-6-18(8-7-17)15-16-13(3)11-21-15/h11-12,14,19H,4-10H2,1-3H3. The first-order valence-electron chi connectivity index (χ1n) is 7.73. The molecule has 0 saturated carbocycles. The van der Waals surface area contributed by atoms with E-state index in [4.69, 9.17) is 4.74 Å². The van der Waals surface area contributed by atoms with Crippen molar-refractivity contribution in [2.45, 2.75) is 39.4 Å². The Bertz CT molecular complexity index is 425. The van der Waals surface area contributed by atoms with Gasteiger partial charge in [0.1, 0.15) is 0 Å². The number of aliphatic hydroxyl groups is 1. The number of aryl methyl sites for hydroxylation is 1. The maximum absolute atomic E-state index is 10.0. The van der Waals surface area contributed by atoms with Crippen LogP contribution in [0.3, 0.4) is 0 Å². The molecular formula is C15H27N3O2S. The number of hydrogen-bond acceptors (Lipinski definition) is 6. The third-order valence-corrected chi connectivity index (χ3v) is 4.58. The highest BCUT2D eigenvalue weighted by Crippen LogP contribution is 2.21. The van der Waals surface area contributed by atoms with E-state index in [1.54, 1.807) is 11.3 Å². The van der Waals surface area contributed by atoms with Crippen molar-refractivity contribution in [2.75, 3.05) is 44.2 Å². The minimum Gasteiger partial charge on any atom is -0.389 e. The molecule has 0 aliphatic carbocycles. The minimum absolute atomic E-state index is 0.174. The van der Waals surface area contributed by atoms with E-state index in [-0.39, 0.29) is 6.10 Å². The molecule has 6 heteroatoms. The summed E-state index contributed by atoms with van der Waals surface area (Å²) in [4.78, 5) is 9.25. The average molecular weight is 313 g/mol. The van der Waals surface area contributed by atoms with E-state index in [1.165, 1.54) is 0 Å². The number of rotatable bonds is 6. The predicted octanol–water partition coefficient (Wildman–Crippen LogP) is 1.75.